The molecule has 326 valence electrons. The van der Waals surface area contributed by atoms with Crippen LogP contribution in [0.25, 0.3) is 105 Å². The summed E-state index contributed by atoms with van der Waals surface area (Å²) in [5, 5.41) is 7.48. The Kier molecular flexibility index (Phi) is 8.28. The van der Waals surface area contributed by atoms with Gasteiger partial charge in [0.25, 0.3) is 0 Å². The molecule has 0 N–H and O–H groups in total. The SMILES string of the molecule is c1ccc(-n2c3ccccc3c3c(-c4ccc(-n5c6ccccc6c6ccc7c(c8ccccc8n7-c7ccc(C8(c9ccccc9)c9ccccc9-c9ccccc98)cc7)c65)cc4)cccc32)cc1. The average molecular weight is 890 g/mol. The number of aromatic nitrogens is 3. The second-order valence-corrected chi connectivity index (χ2v) is 18.7. The minimum atomic E-state index is -0.454. The van der Waals surface area contributed by atoms with Crippen molar-refractivity contribution in [2.24, 2.45) is 0 Å². The van der Waals surface area contributed by atoms with Gasteiger partial charge in [-0.2, -0.15) is 0 Å². The first-order chi connectivity index (χ1) is 34.8. The van der Waals surface area contributed by atoms with E-state index in [0.29, 0.717) is 0 Å². The van der Waals surface area contributed by atoms with Crippen LogP contribution in [0.1, 0.15) is 22.3 Å². The summed E-state index contributed by atoms with van der Waals surface area (Å²) < 4.78 is 7.36. The van der Waals surface area contributed by atoms with Crippen molar-refractivity contribution in [3.63, 3.8) is 0 Å². The standard InChI is InChI=1S/C67H43N3/c1-3-18-45(19-4-1)67(57-28-12-7-22-51(57)52-23-8-13-29-58(52)67)46-36-40-48(41-37-46)69-61-32-16-11-26-56(61)65-63(69)43-42-54-53-24-9-14-30-59(53)70(66(54)65)49-38-34-44(35-39-49)50-27-17-33-62-64(50)55-25-10-15-31-60(55)68(62)47-20-5-2-6-21-47/h1-43H. The van der Waals surface area contributed by atoms with Crippen LogP contribution in [0.2, 0.25) is 0 Å². The molecule has 14 aromatic rings. The molecule has 1 aliphatic rings. The predicted octanol–water partition coefficient (Wildman–Crippen LogP) is 17.0. The zero-order chi connectivity index (χ0) is 45.9. The smallest absolute Gasteiger partial charge is 0.0713 e. The molecule has 3 nitrogen and oxygen atoms in total. The number of rotatable bonds is 6. The van der Waals surface area contributed by atoms with Gasteiger partial charge in [-0.15, -0.1) is 0 Å². The fourth-order valence-corrected chi connectivity index (χ4v) is 12.5. The minimum absolute atomic E-state index is 0.454. The van der Waals surface area contributed by atoms with E-state index in [2.05, 4.69) is 275 Å². The Morgan fingerprint density at radius 3 is 1.34 bits per heavy atom. The molecule has 0 amide bonds. The van der Waals surface area contributed by atoms with Crippen molar-refractivity contribution in [3.05, 3.63) is 283 Å². The maximum atomic E-state index is 2.50. The van der Waals surface area contributed by atoms with Crippen LogP contribution in [-0.4, -0.2) is 13.7 Å². The second-order valence-electron chi connectivity index (χ2n) is 18.7. The lowest BCUT2D eigenvalue weighted by Crippen LogP contribution is -2.28. The first-order valence-corrected chi connectivity index (χ1v) is 24.3. The fraction of sp³-hybridized carbons (Fsp3) is 0.0149. The van der Waals surface area contributed by atoms with Gasteiger partial charge >= 0.3 is 0 Å². The third-order valence-electron chi connectivity index (χ3n) is 15.3. The highest BCUT2D eigenvalue weighted by molar-refractivity contribution is 6.26. The van der Waals surface area contributed by atoms with E-state index in [-0.39, 0.29) is 0 Å². The molecule has 3 heteroatoms. The van der Waals surface area contributed by atoms with Gasteiger partial charge < -0.3 is 13.7 Å². The minimum Gasteiger partial charge on any atom is -0.309 e. The van der Waals surface area contributed by atoms with Crippen LogP contribution >= 0.6 is 0 Å². The molecule has 0 radical (unpaired) electrons. The van der Waals surface area contributed by atoms with E-state index in [0.717, 1.165) is 17.1 Å². The molecule has 1 aliphatic carbocycles. The van der Waals surface area contributed by atoms with Gasteiger partial charge in [-0.3, -0.25) is 0 Å². The molecule has 0 fully saturated rings. The zero-order valence-corrected chi connectivity index (χ0v) is 38.2. The van der Waals surface area contributed by atoms with Crippen LogP contribution in [0.3, 0.4) is 0 Å². The molecule has 0 spiro atoms. The van der Waals surface area contributed by atoms with E-state index in [9.17, 15) is 0 Å². The molecule has 0 saturated carbocycles. The van der Waals surface area contributed by atoms with Crippen molar-refractivity contribution < 1.29 is 0 Å². The molecule has 3 aromatic heterocycles. The van der Waals surface area contributed by atoms with Crippen molar-refractivity contribution in [2.75, 3.05) is 0 Å². The first kappa shape index (κ1) is 38.9. The largest absolute Gasteiger partial charge is 0.309 e. The van der Waals surface area contributed by atoms with Crippen molar-refractivity contribution in [1.29, 1.82) is 0 Å². The van der Waals surface area contributed by atoms with E-state index in [4.69, 9.17) is 0 Å². The van der Waals surface area contributed by atoms with Crippen molar-refractivity contribution in [3.8, 4) is 39.3 Å². The Hall–Kier alpha value is -9.18. The summed E-state index contributed by atoms with van der Waals surface area (Å²) in [5.74, 6) is 0. The maximum Gasteiger partial charge on any atom is 0.0713 e. The third kappa shape index (κ3) is 5.29. The van der Waals surface area contributed by atoms with Crippen LogP contribution in [0.5, 0.6) is 0 Å². The van der Waals surface area contributed by atoms with Gasteiger partial charge in [-0.25, -0.2) is 0 Å². The van der Waals surface area contributed by atoms with E-state index in [1.807, 2.05) is 0 Å². The lowest BCUT2D eigenvalue weighted by molar-refractivity contribution is 0.768. The molecule has 0 unspecified atom stereocenters. The number of benzene rings is 11. The van der Waals surface area contributed by atoms with Crippen LogP contribution in [0, 0.1) is 0 Å². The van der Waals surface area contributed by atoms with Gasteiger partial charge in [-0.1, -0.05) is 194 Å². The van der Waals surface area contributed by atoms with Gasteiger partial charge in [0, 0.05) is 49.4 Å². The number of hydrogen-bond donors (Lipinski definition) is 0. The summed E-state index contributed by atoms with van der Waals surface area (Å²) in [4.78, 5) is 0. The molecule has 3 heterocycles. The van der Waals surface area contributed by atoms with Gasteiger partial charge in [0.2, 0.25) is 0 Å². The number of para-hydroxylation sites is 4. The highest BCUT2D eigenvalue weighted by atomic mass is 15.0. The summed E-state index contributed by atoms with van der Waals surface area (Å²) in [6.45, 7) is 0. The normalized spacial score (nSPS) is 13.0. The summed E-state index contributed by atoms with van der Waals surface area (Å²) in [6.07, 6.45) is 0. The van der Waals surface area contributed by atoms with Gasteiger partial charge in [-0.05, 0) is 111 Å². The number of hydrogen-bond acceptors (Lipinski definition) is 0. The Morgan fingerprint density at radius 2 is 0.686 bits per heavy atom. The maximum absolute atomic E-state index is 2.50. The summed E-state index contributed by atoms with van der Waals surface area (Å²) in [5.41, 5.74) is 20.3. The molecule has 70 heavy (non-hydrogen) atoms. The Bertz CT molecular complexity index is 4330. The van der Waals surface area contributed by atoms with E-state index in [1.54, 1.807) is 0 Å². The van der Waals surface area contributed by atoms with E-state index < -0.39 is 5.41 Å². The average Bonchev–Trinajstić information content (AvgIpc) is 4.16. The summed E-state index contributed by atoms with van der Waals surface area (Å²) in [7, 11) is 0. The number of fused-ring (bicyclic) bond motifs is 13. The molecule has 0 aliphatic heterocycles. The van der Waals surface area contributed by atoms with Gasteiger partial charge in [0.05, 0.1) is 38.5 Å². The van der Waals surface area contributed by atoms with E-state index >= 15 is 0 Å². The molecule has 0 atom stereocenters. The quantitative estimate of drug-likeness (QED) is 0.158. The molecular formula is C67H43N3. The Balaban J connectivity index is 0.914. The lowest BCUT2D eigenvalue weighted by Gasteiger charge is -2.34. The van der Waals surface area contributed by atoms with Gasteiger partial charge in [0.1, 0.15) is 0 Å². The van der Waals surface area contributed by atoms with Crippen molar-refractivity contribution in [2.45, 2.75) is 5.41 Å². The van der Waals surface area contributed by atoms with Crippen molar-refractivity contribution in [1.82, 2.24) is 13.7 Å². The van der Waals surface area contributed by atoms with Crippen LogP contribution in [0.4, 0.5) is 0 Å². The monoisotopic (exact) mass is 889 g/mol. The topological polar surface area (TPSA) is 14.8 Å². The van der Waals surface area contributed by atoms with E-state index in [1.165, 1.54) is 110 Å². The summed E-state index contributed by atoms with van der Waals surface area (Å²) >= 11 is 0. The summed E-state index contributed by atoms with van der Waals surface area (Å²) in [6, 6.07) is 96.4. The highest BCUT2D eigenvalue weighted by Crippen LogP contribution is 2.56. The second kappa shape index (κ2) is 14.9. The lowest BCUT2D eigenvalue weighted by atomic mass is 9.68. The molecule has 15 rings (SSSR count). The van der Waals surface area contributed by atoms with Gasteiger partial charge in [0.15, 0.2) is 0 Å². The van der Waals surface area contributed by atoms with Crippen molar-refractivity contribution >= 4 is 65.4 Å². The highest BCUT2D eigenvalue weighted by Gasteiger charge is 2.45. The van der Waals surface area contributed by atoms with Crippen LogP contribution < -0.4 is 0 Å². The fourth-order valence-electron chi connectivity index (χ4n) is 12.5. The molecular weight excluding hydrogens is 847 g/mol. The zero-order valence-electron chi connectivity index (χ0n) is 38.2. The Morgan fingerprint density at radius 1 is 0.243 bits per heavy atom. The third-order valence-corrected chi connectivity index (χ3v) is 15.3. The molecule has 11 aromatic carbocycles. The first-order valence-electron chi connectivity index (χ1n) is 24.3. The predicted molar refractivity (Wildman–Crippen MR) is 292 cm³/mol. The van der Waals surface area contributed by atoms with Crippen LogP contribution in [0.15, 0.2) is 261 Å². The number of nitrogens with zero attached hydrogens (tertiary/aromatic N) is 3. The van der Waals surface area contributed by atoms with Crippen LogP contribution in [-0.2, 0) is 5.41 Å². The Labute approximate surface area is 405 Å². The molecule has 0 saturated heterocycles. The molecule has 0 bridgehead atoms.